The van der Waals surface area contributed by atoms with Gasteiger partial charge in [0.1, 0.15) is 5.75 Å². The average molecular weight is 278 g/mol. The van der Waals surface area contributed by atoms with Crippen molar-refractivity contribution in [1.82, 2.24) is 5.32 Å². The van der Waals surface area contributed by atoms with Gasteiger partial charge in [-0.05, 0) is 68.6 Å². The maximum Gasteiger partial charge on any atom is 0.170 e. The Balaban J connectivity index is 1.82. The van der Waals surface area contributed by atoms with E-state index in [-0.39, 0.29) is 0 Å². The summed E-state index contributed by atoms with van der Waals surface area (Å²) in [5.74, 6) is 0.949. The van der Waals surface area contributed by atoms with Gasteiger partial charge in [0.05, 0.1) is 6.10 Å². The van der Waals surface area contributed by atoms with Crippen LogP contribution in [0.1, 0.15) is 39.0 Å². The monoisotopic (exact) mass is 278 g/mol. The van der Waals surface area contributed by atoms with E-state index in [1.807, 2.05) is 24.3 Å². The van der Waals surface area contributed by atoms with E-state index >= 15 is 0 Å². The Hall–Kier alpha value is -1.29. The lowest BCUT2D eigenvalue weighted by Gasteiger charge is -2.14. The van der Waals surface area contributed by atoms with Gasteiger partial charge in [-0.15, -0.1) is 0 Å². The van der Waals surface area contributed by atoms with Gasteiger partial charge in [-0.1, -0.05) is 6.92 Å². The molecule has 0 amide bonds. The summed E-state index contributed by atoms with van der Waals surface area (Å²) in [7, 11) is 0. The predicted octanol–water partition coefficient (Wildman–Crippen LogP) is 3.70. The Morgan fingerprint density at radius 3 is 2.58 bits per heavy atom. The summed E-state index contributed by atoms with van der Waals surface area (Å²) in [6.07, 6.45) is 6.43. The van der Waals surface area contributed by atoms with Crippen LogP contribution >= 0.6 is 12.2 Å². The van der Waals surface area contributed by atoms with Crippen LogP contribution in [0.4, 0.5) is 5.69 Å². The number of hydrogen-bond donors (Lipinski definition) is 2. The van der Waals surface area contributed by atoms with Gasteiger partial charge in [0.2, 0.25) is 0 Å². The van der Waals surface area contributed by atoms with Crippen LogP contribution in [-0.2, 0) is 0 Å². The maximum absolute atomic E-state index is 5.92. The highest BCUT2D eigenvalue weighted by Crippen LogP contribution is 2.24. The second-order valence-electron chi connectivity index (χ2n) is 4.93. The molecule has 0 heterocycles. The molecule has 104 valence electrons. The van der Waals surface area contributed by atoms with Gasteiger partial charge in [0.25, 0.3) is 0 Å². The summed E-state index contributed by atoms with van der Waals surface area (Å²) < 4.78 is 5.92. The fraction of sp³-hybridized carbons (Fsp3) is 0.533. The highest BCUT2D eigenvalue weighted by molar-refractivity contribution is 7.80. The Kier molecular flexibility index (Phi) is 5.45. The maximum atomic E-state index is 5.92. The topological polar surface area (TPSA) is 33.3 Å². The molecule has 19 heavy (non-hydrogen) atoms. The number of anilines is 1. The molecular weight excluding hydrogens is 256 g/mol. The molecule has 0 radical (unpaired) electrons. The molecule has 2 rings (SSSR count). The van der Waals surface area contributed by atoms with Crippen molar-refractivity contribution in [2.45, 2.75) is 45.1 Å². The van der Waals surface area contributed by atoms with Crippen molar-refractivity contribution in [3.63, 3.8) is 0 Å². The Morgan fingerprint density at radius 1 is 1.26 bits per heavy atom. The molecule has 0 unspecified atom stereocenters. The molecule has 1 saturated carbocycles. The molecule has 1 fully saturated rings. The molecular formula is C15H22N2OS. The van der Waals surface area contributed by atoms with Gasteiger partial charge in [0.15, 0.2) is 5.11 Å². The van der Waals surface area contributed by atoms with Gasteiger partial charge in [-0.25, -0.2) is 0 Å². The first kappa shape index (κ1) is 14.1. The molecule has 1 aromatic carbocycles. The van der Waals surface area contributed by atoms with Gasteiger partial charge in [-0.3, -0.25) is 0 Å². The lowest BCUT2D eigenvalue weighted by atomic mass is 10.3. The van der Waals surface area contributed by atoms with Crippen LogP contribution in [0.25, 0.3) is 0 Å². The van der Waals surface area contributed by atoms with Crippen molar-refractivity contribution in [1.29, 1.82) is 0 Å². The number of thiocarbonyl (C=S) groups is 1. The fourth-order valence-corrected chi connectivity index (χ4v) is 2.45. The summed E-state index contributed by atoms with van der Waals surface area (Å²) in [5, 5.41) is 6.98. The van der Waals surface area contributed by atoms with Crippen molar-refractivity contribution >= 4 is 23.0 Å². The first-order valence-corrected chi connectivity index (χ1v) is 7.50. The quantitative estimate of drug-likeness (QED) is 0.805. The van der Waals surface area contributed by atoms with E-state index in [2.05, 4.69) is 17.6 Å². The van der Waals surface area contributed by atoms with Crippen LogP contribution in [0.5, 0.6) is 5.75 Å². The average Bonchev–Trinajstić information content (AvgIpc) is 2.91. The lowest BCUT2D eigenvalue weighted by Crippen LogP contribution is -2.28. The number of rotatable bonds is 5. The molecule has 3 nitrogen and oxygen atoms in total. The minimum absolute atomic E-state index is 0.408. The van der Waals surface area contributed by atoms with Crippen LogP contribution in [0, 0.1) is 0 Å². The summed E-state index contributed by atoms with van der Waals surface area (Å²) in [6.45, 7) is 3.01. The van der Waals surface area contributed by atoms with Crippen molar-refractivity contribution in [3.8, 4) is 5.75 Å². The zero-order valence-corrected chi connectivity index (χ0v) is 12.3. The van der Waals surface area contributed by atoms with E-state index in [1.54, 1.807) is 0 Å². The number of ether oxygens (including phenoxy) is 1. The molecule has 0 bridgehead atoms. The molecule has 0 aliphatic heterocycles. The largest absolute Gasteiger partial charge is 0.490 e. The SMILES string of the molecule is CCCNC(=S)Nc1ccc(OC2CCCC2)cc1. The van der Waals surface area contributed by atoms with Gasteiger partial charge >= 0.3 is 0 Å². The van der Waals surface area contributed by atoms with Crippen LogP contribution in [-0.4, -0.2) is 17.8 Å². The van der Waals surface area contributed by atoms with Crippen LogP contribution < -0.4 is 15.4 Å². The fourth-order valence-electron chi connectivity index (χ4n) is 2.23. The minimum atomic E-state index is 0.408. The van der Waals surface area contributed by atoms with Crippen LogP contribution in [0.2, 0.25) is 0 Å². The van der Waals surface area contributed by atoms with E-state index in [4.69, 9.17) is 17.0 Å². The summed E-state index contributed by atoms with van der Waals surface area (Å²) in [5.41, 5.74) is 0.993. The van der Waals surface area contributed by atoms with E-state index in [1.165, 1.54) is 25.7 Å². The van der Waals surface area contributed by atoms with E-state index in [9.17, 15) is 0 Å². The predicted molar refractivity (Wildman–Crippen MR) is 83.8 cm³/mol. The minimum Gasteiger partial charge on any atom is -0.490 e. The number of benzene rings is 1. The van der Waals surface area contributed by atoms with Crippen molar-refractivity contribution in [2.75, 3.05) is 11.9 Å². The summed E-state index contributed by atoms with van der Waals surface area (Å²) in [4.78, 5) is 0. The first-order valence-electron chi connectivity index (χ1n) is 7.09. The van der Waals surface area contributed by atoms with E-state index in [0.717, 1.165) is 24.4 Å². The zero-order chi connectivity index (χ0) is 13.5. The highest BCUT2D eigenvalue weighted by Gasteiger charge is 2.16. The molecule has 4 heteroatoms. The third-order valence-electron chi connectivity index (χ3n) is 3.25. The Morgan fingerprint density at radius 2 is 1.95 bits per heavy atom. The Bertz CT molecular complexity index is 399. The van der Waals surface area contributed by atoms with Crippen molar-refractivity contribution in [2.24, 2.45) is 0 Å². The smallest absolute Gasteiger partial charge is 0.170 e. The van der Waals surface area contributed by atoms with Crippen LogP contribution in [0.3, 0.4) is 0 Å². The summed E-state index contributed by atoms with van der Waals surface area (Å²) in [6, 6.07) is 8.01. The molecule has 2 N–H and O–H groups in total. The molecule has 1 aliphatic carbocycles. The lowest BCUT2D eigenvalue weighted by molar-refractivity contribution is 0.210. The van der Waals surface area contributed by atoms with Crippen LogP contribution in [0.15, 0.2) is 24.3 Å². The highest BCUT2D eigenvalue weighted by atomic mass is 32.1. The Labute approximate surface area is 120 Å². The second kappa shape index (κ2) is 7.34. The zero-order valence-electron chi connectivity index (χ0n) is 11.4. The molecule has 1 aliphatic rings. The second-order valence-corrected chi connectivity index (χ2v) is 5.34. The number of hydrogen-bond acceptors (Lipinski definition) is 2. The van der Waals surface area contributed by atoms with Gasteiger partial charge in [-0.2, -0.15) is 0 Å². The van der Waals surface area contributed by atoms with Gasteiger partial charge in [0, 0.05) is 12.2 Å². The standard InChI is InChI=1S/C15H22N2OS/c1-2-11-16-15(19)17-12-7-9-14(10-8-12)18-13-5-3-4-6-13/h7-10,13H,2-6,11H2,1H3,(H2,16,17,19). The normalized spacial score (nSPS) is 15.2. The first-order chi connectivity index (χ1) is 9.28. The third-order valence-corrected chi connectivity index (χ3v) is 3.50. The number of nitrogens with one attached hydrogen (secondary N) is 2. The van der Waals surface area contributed by atoms with E-state index < -0.39 is 0 Å². The molecule has 0 atom stereocenters. The molecule has 0 aromatic heterocycles. The molecule has 1 aromatic rings. The van der Waals surface area contributed by atoms with Gasteiger partial charge < -0.3 is 15.4 Å². The van der Waals surface area contributed by atoms with E-state index in [0.29, 0.717) is 11.2 Å². The summed E-state index contributed by atoms with van der Waals surface area (Å²) >= 11 is 5.20. The molecule has 0 saturated heterocycles. The third kappa shape index (κ3) is 4.71. The molecule has 0 spiro atoms. The van der Waals surface area contributed by atoms with Crippen molar-refractivity contribution < 1.29 is 4.74 Å². The van der Waals surface area contributed by atoms with Crippen molar-refractivity contribution in [3.05, 3.63) is 24.3 Å².